The van der Waals surface area contributed by atoms with Gasteiger partial charge in [0.05, 0.1) is 24.4 Å². The summed E-state index contributed by atoms with van der Waals surface area (Å²) in [6, 6.07) is 14.0. The molecule has 3 N–H and O–H groups in total. The summed E-state index contributed by atoms with van der Waals surface area (Å²) in [5, 5.41) is 23.9. The van der Waals surface area contributed by atoms with Crippen LogP contribution in [-0.4, -0.2) is 99.7 Å². The fourth-order valence-corrected chi connectivity index (χ4v) is 7.55. The minimum atomic E-state index is -0.406. The molecule has 4 aliphatic rings. The minimum absolute atomic E-state index is 0.0398. The first-order chi connectivity index (χ1) is 22.0. The van der Waals surface area contributed by atoms with Crippen molar-refractivity contribution in [2.24, 2.45) is 0 Å². The molecule has 1 aromatic carbocycles. The predicted octanol–water partition coefficient (Wildman–Crippen LogP) is 2.45. The van der Waals surface area contributed by atoms with E-state index in [-0.39, 0.29) is 24.2 Å². The Labute approximate surface area is 264 Å². The summed E-state index contributed by atoms with van der Waals surface area (Å²) < 4.78 is 3.64. The first kappa shape index (κ1) is 30.0. The highest BCUT2D eigenvalue weighted by Gasteiger charge is 2.34. The summed E-state index contributed by atoms with van der Waals surface area (Å²) >= 11 is 0. The van der Waals surface area contributed by atoms with Gasteiger partial charge in [0, 0.05) is 64.0 Å². The third kappa shape index (κ3) is 6.13. The SMILES string of the molecule is O=C(c1c(-c2ccccc2)n(C2CCCCC2)c(=O)n1Cc1cc(N2CCC(O)C2)nc(N2CCC(O)C2)c1)N1CCNCC1. The molecule has 7 rings (SSSR count). The van der Waals surface area contributed by atoms with Crippen LogP contribution in [0.2, 0.25) is 0 Å². The van der Waals surface area contributed by atoms with Crippen LogP contribution in [0.5, 0.6) is 0 Å². The first-order valence-electron chi connectivity index (χ1n) is 16.7. The molecule has 2 unspecified atom stereocenters. The van der Waals surface area contributed by atoms with Gasteiger partial charge in [0.25, 0.3) is 5.91 Å². The van der Waals surface area contributed by atoms with Gasteiger partial charge in [0.1, 0.15) is 17.3 Å². The number of β-amino-alcohol motifs (C(OH)–C–C–N with tert-alkyl or cyclic N) is 2. The normalized spacial score (nSPS) is 22.8. The van der Waals surface area contributed by atoms with Crippen molar-refractivity contribution in [3.8, 4) is 11.3 Å². The van der Waals surface area contributed by atoms with Gasteiger partial charge in [-0.2, -0.15) is 0 Å². The Bertz CT molecular complexity index is 1520. The number of nitrogens with zero attached hydrogens (tertiary/aromatic N) is 6. The van der Waals surface area contributed by atoms with Crippen LogP contribution in [0.1, 0.15) is 67.0 Å². The van der Waals surface area contributed by atoms with Crippen molar-refractivity contribution in [2.45, 2.75) is 69.7 Å². The van der Waals surface area contributed by atoms with Crippen molar-refractivity contribution in [1.29, 1.82) is 0 Å². The number of aliphatic hydroxyl groups excluding tert-OH is 2. The Morgan fingerprint density at radius 3 is 2.04 bits per heavy atom. The van der Waals surface area contributed by atoms with Gasteiger partial charge in [-0.3, -0.25) is 13.9 Å². The number of nitrogens with one attached hydrogen (secondary N) is 1. The molecule has 240 valence electrons. The zero-order valence-electron chi connectivity index (χ0n) is 26.0. The summed E-state index contributed by atoms with van der Waals surface area (Å²) in [6.45, 7) is 5.25. The monoisotopic (exact) mass is 615 g/mol. The molecule has 1 aliphatic carbocycles. The molecule has 45 heavy (non-hydrogen) atoms. The van der Waals surface area contributed by atoms with Gasteiger partial charge < -0.3 is 30.2 Å². The Kier molecular flexibility index (Phi) is 8.66. The number of carbonyl (C=O) groups excluding carboxylic acids is 1. The van der Waals surface area contributed by atoms with E-state index >= 15 is 0 Å². The average Bonchev–Trinajstić information content (AvgIpc) is 3.79. The number of aromatic nitrogens is 3. The zero-order chi connectivity index (χ0) is 30.9. The molecule has 0 spiro atoms. The molecule has 3 aliphatic heterocycles. The van der Waals surface area contributed by atoms with Crippen LogP contribution in [0.4, 0.5) is 11.6 Å². The summed E-state index contributed by atoms with van der Waals surface area (Å²) in [6.07, 6.45) is 5.68. The minimum Gasteiger partial charge on any atom is -0.391 e. The molecule has 1 saturated carbocycles. The second-order valence-electron chi connectivity index (χ2n) is 13.1. The van der Waals surface area contributed by atoms with Crippen LogP contribution in [-0.2, 0) is 6.54 Å². The van der Waals surface area contributed by atoms with Crippen molar-refractivity contribution >= 4 is 17.5 Å². The molecule has 11 nitrogen and oxygen atoms in total. The maximum Gasteiger partial charge on any atom is 0.329 e. The molecule has 5 heterocycles. The molecule has 2 atom stereocenters. The number of carbonyl (C=O) groups is 1. The zero-order valence-corrected chi connectivity index (χ0v) is 26.0. The Morgan fingerprint density at radius 2 is 1.47 bits per heavy atom. The molecule has 0 radical (unpaired) electrons. The number of imidazole rings is 1. The molecule has 1 amide bonds. The largest absolute Gasteiger partial charge is 0.391 e. The van der Waals surface area contributed by atoms with Crippen LogP contribution < -0.4 is 20.8 Å². The second-order valence-corrected chi connectivity index (χ2v) is 13.1. The number of hydrogen-bond acceptors (Lipinski definition) is 8. The number of piperazine rings is 1. The lowest BCUT2D eigenvalue weighted by atomic mass is 9.94. The van der Waals surface area contributed by atoms with Crippen LogP contribution >= 0.6 is 0 Å². The van der Waals surface area contributed by atoms with Gasteiger partial charge in [-0.1, -0.05) is 49.6 Å². The lowest BCUT2D eigenvalue weighted by Crippen LogP contribution is -2.47. The lowest BCUT2D eigenvalue weighted by Gasteiger charge is -2.28. The molecular weight excluding hydrogens is 570 g/mol. The second kappa shape index (κ2) is 13.0. The van der Waals surface area contributed by atoms with Gasteiger partial charge in [0.15, 0.2) is 0 Å². The van der Waals surface area contributed by atoms with Gasteiger partial charge >= 0.3 is 5.69 Å². The van der Waals surface area contributed by atoms with Crippen LogP contribution in [0.25, 0.3) is 11.3 Å². The van der Waals surface area contributed by atoms with Crippen molar-refractivity contribution in [3.63, 3.8) is 0 Å². The van der Waals surface area contributed by atoms with E-state index in [1.165, 1.54) is 0 Å². The Hall–Kier alpha value is -3.67. The number of anilines is 2. The number of aliphatic hydroxyl groups is 2. The molecule has 0 bridgehead atoms. The van der Waals surface area contributed by atoms with Gasteiger partial charge in [-0.15, -0.1) is 0 Å². The molecule has 4 fully saturated rings. The Balaban J connectivity index is 1.38. The lowest BCUT2D eigenvalue weighted by molar-refractivity contribution is 0.0725. The smallest absolute Gasteiger partial charge is 0.329 e. The maximum absolute atomic E-state index is 14.7. The molecule has 3 saturated heterocycles. The van der Waals surface area contributed by atoms with Crippen molar-refractivity contribution in [2.75, 3.05) is 62.2 Å². The van der Waals surface area contributed by atoms with Crippen molar-refractivity contribution < 1.29 is 15.0 Å². The quantitative estimate of drug-likeness (QED) is 0.371. The van der Waals surface area contributed by atoms with Crippen LogP contribution in [0.3, 0.4) is 0 Å². The third-order valence-electron chi connectivity index (χ3n) is 9.94. The highest BCUT2D eigenvalue weighted by Crippen LogP contribution is 2.35. The van der Waals surface area contributed by atoms with Crippen LogP contribution in [0.15, 0.2) is 47.3 Å². The molecule has 11 heteroatoms. The van der Waals surface area contributed by atoms with E-state index < -0.39 is 12.2 Å². The topological polar surface area (TPSA) is 119 Å². The maximum atomic E-state index is 14.7. The Morgan fingerprint density at radius 1 is 0.844 bits per heavy atom. The van der Waals surface area contributed by atoms with Crippen molar-refractivity contribution in [1.82, 2.24) is 24.3 Å². The third-order valence-corrected chi connectivity index (χ3v) is 9.94. The fourth-order valence-electron chi connectivity index (χ4n) is 7.55. The summed E-state index contributed by atoms with van der Waals surface area (Å²) in [5.74, 6) is 1.39. The number of amides is 1. The van der Waals surface area contributed by atoms with Crippen molar-refractivity contribution in [3.05, 3.63) is 64.2 Å². The number of benzene rings is 1. The number of rotatable bonds is 7. The number of hydrogen-bond donors (Lipinski definition) is 3. The van der Waals surface area contributed by atoms with E-state index in [1.807, 2.05) is 51.9 Å². The van der Waals surface area contributed by atoms with Gasteiger partial charge in [-0.25, -0.2) is 9.78 Å². The van der Waals surface area contributed by atoms with E-state index in [0.29, 0.717) is 57.8 Å². The molecular formula is C34H45N7O4. The fraction of sp³-hybridized carbons (Fsp3) is 0.559. The van der Waals surface area contributed by atoms with E-state index in [4.69, 9.17) is 4.98 Å². The summed E-state index contributed by atoms with van der Waals surface area (Å²) in [7, 11) is 0. The van der Waals surface area contributed by atoms with E-state index in [9.17, 15) is 19.8 Å². The standard InChI is InChI=1S/C34H45N7O4/c42-27-11-15-38(22-27)29-19-24(20-30(36-29)39-16-12-28(43)23-39)21-40-32(33(44)37-17-13-35-14-18-37)31(25-7-3-1-4-8-25)41(34(40)45)26-9-5-2-6-10-26/h1,3-4,7-8,19-20,26-28,35,42-43H,2,5-6,9-18,21-23H2. The molecule has 2 aromatic heterocycles. The van der Waals surface area contributed by atoms with E-state index in [0.717, 1.165) is 73.7 Å². The highest BCUT2D eigenvalue weighted by molar-refractivity contribution is 5.99. The highest BCUT2D eigenvalue weighted by atomic mass is 16.3. The van der Waals surface area contributed by atoms with Gasteiger partial charge in [-0.05, 0) is 43.4 Å². The van der Waals surface area contributed by atoms with E-state index in [1.54, 1.807) is 4.57 Å². The predicted molar refractivity (Wildman–Crippen MR) is 174 cm³/mol. The summed E-state index contributed by atoms with van der Waals surface area (Å²) in [4.78, 5) is 40.2. The number of pyridine rings is 1. The van der Waals surface area contributed by atoms with Gasteiger partial charge in [0.2, 0.25) is 0 Å². The first-order valence-corrected chi connectivity index (χ1v) is 16.7. The summed E-state index contributed by atoms with van der Waals surface area (Å²) in [5.41, 5.74) is 2.77. The molecule has 3 aromatic rings. The van der Waals surface area contributed by atoms with Crippen LogP contribution in [0, 0.1) is 0 Å². The van der Waals surface area contributed by atoms with E-state index in [2.05, 4.69) is 15.1 Å². The average molecular weight is 616 g/mol.